The quantitative estimate of drug-likeness (QED) is 0.738. The van der Waals surface area contributed by atoms with Crippen LogP contribution < -0.4 is 0 Å². The zero-order valence-corrected chi connectivity index (χ0v) is 12.1. The van der Waals surface area contributed by atoms with Gasteiger partial charge in [-0.2, -0.15) is 12.6 Å². The van der Waals surface area contributed by atoms with Crippen molar-refractivity contribution in [2.75, 3.05) is 0 Å². The zero-order valence-electron chi connectivity index (χ0n) is 11.2. The van der Waals surface area contributed by atoms with E-state index in [-0.39, 0.29) is 0 Å². The van der Waals surface area contributed by atoms with Crippen LogP contribution in [0.1, 0.15) is 5.82 Å². The molecule has 21 heavy (non-hydrogen) atoms. The fraction of sp³-hybridized carbons (Fsp3) is 0. The van der Waals surface area contributed by atoms with Crippen LogP contribution in [0.25, 0.3) is 28.9 Å². The Hall–Kier alpha value is -2.46. The molecule has 0 radical (unpaired) electrons. The van der Waals surface area contributed by atoms with E-state index in [1.165, 1.54) is 0 Å². The third-order valence-corrected chi connectivity index (χ3v) is 3.09. The highest BCUT2D eigenvalue weighted by Crippen LogP contribution is 2.20. The molecule has 102 valence electrons. The van der Waals surface area contributed by atoms with Gasteiger partial charge in [0, 0.05) is 11.1 Å². The second-order valence-electron chi connectivity index (χ2n) is 4.39. The van der Waals surface area contributed by atoms with Crippen LogP contribution in [0.3, 0.4) is 0 Å². The monoisotopic (exact) mass is 291 g/mol. The topological polar surface area (TPSA) is 38.7 Å². The first-order valence-electron chi connectivity index (χ1n) is 6.54. The molecule has 0 atom stereocenters. The number of nitrogens with zero attached hydrogens (tertiary/aromatic N) is 3. The maximum absolute atomic E-state index is 4.58. The van der Waals surface area contributed by atoms with E-state index in [4.69, 9.17) is 0 Å². The van der Waals surface area contributed by atoms with Crippen LogP contribution in [0.5, 0.6) is 0 Å². The van der Waals surface area contributed by atoms with Crippen molar-refractivity contribution >= 4 is 18.7 Å². The normalized spacial score (nSPS) is 10.9. The van der Waals surface area contributed by atoms with Crippen LogP contribution in [-0.4, -0.2) is 15.0 Å². The van der Waals surface area contributed by atoms with E-state index in [9.17, 15) is 0 Å². The third kappa shape index (κ3) is 3.17. The van der Waals surface area contributed by atoms with E-state index in [0.717, 1.165) is 11.1 Å². The van der Waals surface area contributed by atoms with Crippen molar-refractivity contribution in [1.82, 2.24) is 15.0 Å². The molecule has 0 saturated carbocycles. The van der Waals surface area contributed by atoms with Crippen molar-refractivity contribution in [3.63, 3.8) is 0 Å². The molecule has 3 nitrogen and oxygen atoms in total. The van der Waals surface area contributed by atoms with E-state index in [0.29, 0.717) is 17.5 Å². The predicted octanol–water partition coefficient (Wildman–Crippen LogP) is 4.11. The van der Waals surface area contributed by atoms with E-state index in [1.54, 1.807) is 11.5 Å². The number of benzene rings is 2. The average Bonchev–Trinajstić information content (AvgIpc) is 2.56. The third-order valence-electron chi connectivity index (χ3n) is 2.94. The lowest BCUT2D eigenvalue weighted by atomic mass is 10.2. The molecule has 3 rings (SSSR count). The van der Waals surface area contributed by atoms with Gasteiger partial charge in [-0.1, -0.05) is 60.7 Å². The van der Waals surface area contributed by atoms with Gasteiger partial charge >= 0.3 is 0 Å². The largest absolute Gasteiger partial charge is 0.209 e. The Morgan fingerprint density at radius 3 is 1.57 bits per heavy atom. The average molecular weight is 291 g/mol. The Bertz CT molecular complexity index is 698. The Morgan fingerprint density at radius 2 is 1.14 bits per heavy atom. The smallest absolute Gasteiger partial charge is 0.164 e. The van der Waals surface area contributed by atoms with E-state index in [2.05, 4.69) is 27.6 Å². The minimum atomic E-state index is 0.595. The molecule has 0 bridgehead atoms. The van der Waals surface area contributed by atoms with Crippen molar-refractivity contribution in [3.8, 4) is 22.8 Å². The first-order chi connectivity index (χ1) is 10.4. The molecule has 1 heterocycles. The van der Waals surface area contributed by atoms with Gasteiger partial charge in [-0.25, -0.2) is 15.0 Å². The fourth-order valence-electron chi connectivity index (χ4n) is 1.97. The number of rotatable bonds is 3. The Kier molecular flexibility index (Phi) is 4.07. The SMILES string of the molecule is S/C=C/c1nc(-c2ccccc2)nc(-c2ccccc2)n1. The van der Waals surface area contributed by atoms with Gasteiger partial charge in [0.05, 0.1) is 0 Å². The highest BCUT2D eigenvalue weighted by atomic mass is 32.1. The van der Waals surface area contributed by atoms with Gasteiger partial charge in [0.25, 0.3) is 0 Å². The van der Waals surface area contributed by atoms with Crippen molar-refractivity contribution in [2.24, 2.45) is 0 Å². The highest BCUT2D eigenvalue weighted by molar-refractivity contribution is 7.83. The Morgan fingerprint density at radius 1 is 0.667 bits per heavy atom. The summed E-state index contributed by atoms with van der Waals surface area (Å²) in [5.74, 6) is 1.91. The van der Waals surface area contributed by atoms with Gasteiger partial charge in [0.2, 0.25) is 0 Å². The van der Waals surface area contributed by atoms with Crippen LogP contribution in [0.4, 0.5) is 0 Å². The number of aromatic nitrogens is 3. The van der Waals surface area contributed by atoms with Gasteiger partial charge in [-0.3, -0.25) is 0 Å². The lowest BCUT2D eigenvalue weighted by molar-refractivity contribution is 1.05. The summed E-state index contributed by atoms with van der Waals surface area (Å²) in [6.07, 6.45) is 1.75. The second-order valence-corrected chi connectivity index (χ2v) is 4.69. The molecule has 0 spiro atoms. The second kappa shape index (κ2) is 6.33. The first-order valence-corrected chi connectivity index (χ1v) is 7.06. The molecule has 0 unspecified atom stereocenters. The van der Waals surface area contributed by atoms with Crippen molar-refractivity contribution in [3.05, 3.63) is 71.9 Å². The molecule has 0 N–H and O–H groups in total. The van der Waals surface area contributed by atoms with Gasteiger partial charge < -0.3 is 0 Å². The summed E-state index contributed by atoms with van der Waals surface area (Å²) in [4.78, 5) is 13.5. The van der Waals surface area contributed by atoms with Crippen LogP contribution >= 0.6 is 12.6 Å². The molecule has 0 fully saturated rings. The number of thiol groups is 1. The molecule has 3 aromatic rings. The van der Waals surface area contributed by atoms with E-state index in [1.807, 2.05) is 60.7 Å². The summed E-state index contributed by atoms with van der Waals surface area (Å²) in [5, 5.41) is 1.62. The molecule has 0 aliphatic carbocycles. The minimum absolute atomic E-state index is 0.595. The summed E-state index contributed by atoms with van der Waals surface area (Å²) in [6.45, 7) is 0. The summed E-state index contributed by atoms with van der Waals surface area (Å²) < 4.78 is 0. The van der Waals surface area contributed by atoms with E-state index < -0.39 is 0 Å². The molecule has 0 aliphatic rings. The summed E-state index contributed by atoms with van der Waals surface area (Å²) in [6, 6.07) is 19.7. The maximum Gasteiger partial charge on any atom is 0.164 e. The van der Waals surface area contributed by atoms with Crippen LogP contribution in [0.15, 0.2) is 66.1 Å². The molecule has 0 aliphatic heterocycles. The number of hydrogen-bond donors (Lipinski definition) is 1. The number of hydrogen-bond acceptors (Lipinski definition) is 4. The molecule has 1 aromatic heterocycles. The van der Waals surface area contributed by atoms with E-state index >= 15 is 0 Å². The van der Waals surface area contributed by atoms with Crippen LogP contribution in [0, 0.1) is 0 Å². The van der Waals surface area contributed by atoms with Gasteiger partial charge in [0.1, 0.15) is 0 Å². The van der Waals surface area contributed by atoms with Crippen LogP contribution in [0.2, 0.25) is 0 Å². The maximum atomic E-state index is 4.58. The lowest BCUT2D eigenvalue weighted by Crippen LogP contribution is -1.99. The minimum Gasteiger partial charge on any atom is -0.209 e. The Balaban J connectivity index is 2.15. The molecular weight excluding hydrogens is 278 g/mol. The van der Waals surface area contributed by atoms with Crippen molar-refractivity contribution in [1.29, 1.82) is 0 Å². The van der Waals surface area contributed by atoms with Crippen molar-refractivity contribution in [2.45, 2.75) is 0 Å². The van der Waals surface area contributed by atoms with Gasteiger partial charge in [0.15, 0.2) is 17.5 Å². The first kappa shape index (κ1) is 13.5. The lowest BCUT2D eigenvalue weighted by Gasteiger charge is -2.05. The molecule has 0 amide bonds. The molecule has 4 heteroatoms. The zero-order chi connectivity index (χ0) is 14.5. The molecular formula is C17H13N3S. The van der Waals surface area contributed by atoms with Gasteiger partial charge in [-0.15, -0.1) is 0 Å². The van der Waals surface area contributed by atoms with Crippen LogP contribution in [-0.2, 0) is 0 Å². The van der Waals surface area contributed by atoms with Crippen molar-refractivity contribution < 1.29 is 0 Å². The predicted molar refractivity (Wildman–Crippen MR) is 88.7 cm³/mol. The standard InChI is InChI=1S/C17H13N3S/c21-12-11-15-18-16(13-7-3-1-4-8-13)20-17(19-15)14-9-5-2-6-10-14/h1-12,21H/b12-11+. The molecule has 2 aromatic carbocycles. The summed E-state index contributed by atoms with van der Waals surface area (Å²) in [5.41, 5.74) is 1.93. The highest BCUT2D eigenvalue weighted by Gasteiger charge is 2.08. The summed E-state index contributed by atoms with van der Waals surface area (Å²) >= 11 is 4.09. The summed E-state index contributed by atoms with van der Waals surface area (Å²) in [7, 11) is 0. The molecule has 0 saturated heterocycles. The fourth-order valence-corrected chi connectivity index (χ4v) is 2.10. The Labute approximate surface area is 128 Å². The van der Waals surface area contributed by atoms with Gasteiger partial charge in [-0.05, 0) is 11.5 Å².